The van der Waals surface area contributed by atoms with Crippen LogP contribution in [0, 0.1) is 16.0 Å². The Morgan fingerprint density at radius 3 is 2.33 bits per heavy atom. The van der Waals surface area contributed by atoms with Crippen LogP contribution in [0.3, 0.4) is 0 Å². The van der Waals surface area contributed by atoms with Crippen molar-refractivity contribution in [2.45, 2.75) is 31.2 Å². The Labute approximate surface area is 124 Å². The molecule has 0 aliphatic carbocycles. The quantitative estimate of drug-likeness (QED) is 0.583. The highest BCUT2D eigenvalue weighted by Crippen LogP contribution is 2.25. The van der Waals surface area contributed by atoms with Gasteiger partial charge >= 0.3 is 0 Å². The Kier molecular flexibility index (Phi) is 5.82. The normalized spacial score (nSPS) is 13.4. The Morgan fingerprint density at radius 1 is 1.29 bits per heavy atom. The molecule has 7 nitrogen and oxygen atoms in total. The molecule has 0 aliphatic rings. The van der Waals surface area contributed by atoms with Gasteiger partial charge < -0.3 is 5.32 Å². The van der Waals surface area contributed by atoms with E-state index in [-0.39, 0.29) is 16.6 Å². The molecular formula is C13H21N3O4S. The summed E-state index contributed by atoms with van der Waals surface area (Å²) in [6.07, 6.45) is 0.463. The molecule has 1 atom stereocenters. The fourth-order valence-electron chi connectivity index (χ4n) is 2.08. The lowest BCUT2D eigenvalue weighted by atomic mass is 9.96. The van der Waals surface area contributed by atoms with Crippen LogP contribution in [-0.2, 0) is 16.4 Å². The van der Waals surface area contributed by atoms with E-state index in [1.165, 1.54) is 19.2 Å². The van der Waals surface area contributed by atoms with E-state index in [4.69, 9.17) is 0 Å². The molecular weight excluding hydrogens is 294 g/mol. The topological polar surface area (TPSA) is 101 Å². The molecule has 0 heterocycles. The summed E-state index contributed by atoms with van der Waals surface area (Å²) in [4.78, 5) is 10.5. The molecule has 1 aromatic carbocycles. The van der Waals surface area contributed by atoms with Crippen molar-refractivity contribution in [1.82, 2.24) is 10.0 Å². The lowest BCUT2D eigenvalue weighted by Gasteiger charge is -2.20. The molecule has 0 saturated carbocycles. The number of sulfonamides is 1. The maximum absolute atomic E-state index is 11.7. The number of benzene rings is 1. The van der Waals surface area contributed by atoms with Gasteiger partial charge in [-0.15, -0.1) is 0 Å². The van der Waals surface area contributed by atoms with Crippen LogP contribution in [0.15, 0.2) is 23.1 Å². The molecule has 0 fully saturated rings. The molecule has 0 bridgehead atoms. The van der Waals surface area contributed by atoms with Gasteiger partial charge in [-0.05, 0) is 32.5 Å². The molecule has 0 radical (unpaired) electrons. The Morgan fingerprint density at radius 2 is 1.90 bits per heavy atom. The van der Waals surface area contributed by atoms with Crippen LogP contribution in [0.4, 0.5) is 5.69 Å². The lowest BCUT2D eigenvalue weighted by molar-refractivity contribution is -0.385. The molecule has 118 valence electrons. The van der Waals surface area contributed by atoms with Crippen molar-refractivity contribution >= 4 is 15.7 Å². The molecule has 0 spiro atoms. The van der Waals surface area contributed by atoms with E-state index in [1.807, 2.05) is 13.8 Å². The molecule has 1 rings (SSSR count). The third-order valence-electron chi connectivity index (χ3n) is 3.45. The Balaban J connectivity index is 3.26. The highest BCUT2D eigenvalue weighted by atomic mass is 32.2. The fourth-order valence-corrected chi connectivity index (χ4v) is 2.83. The first kappa shape index (κ1) is 17.5. The summed E-state index contributed by atoms with van der Waals surface area (Å²) in [6, 6.07) is 4.08. The number of nitro groups is 1. The molecule has 21 heavy (non-hydrogen) atoms. The van der Waals surface area contributed by atoms with E-state index in [9.17, 15) is 18.5 Å². The smallest absolute Gasteiger partial charge is 0.273 e. The van der Waals surface area contributed by atoms with Gasteiger partial charge in [0.2, 0.25) is 10.0 Å². The monoisotopic (exact) mass is 315 g/mol. The van der Waals surface area contributed by atoms with E-state index < -0.39 is 14.9 Å². The number of nitrogens with zero attached hydrogens (tertiary/aromatic N) is 1. The fraction of sp³-hybridized carbons (Fsp3) is 0.538. The first-order valence-electron chi connectivity index (χ1n) is 6.61. The number of rotatable bonds is 7. The van der Waals surface area contributed by atoms with Crippen LogP contribution in [-0.4, -0.2) is 33.5 Å². The first-order valence-corrected chi connectivity index (χ1v) is 8.09. The molecule has 8 heteroatoms. The minimum atomic E-state index is -3.69. The van der Waals surface area contributed by atoms with Crippen LogP contribution in [0.25, 0.3) is 0 Å². The summed E-state index contributed by atoms with van der Waals surface area (Å²) in [5, 5.41) is 14.3. The van der Waals surface area contributed by atoms with E-state index >= 15 is 0 Å². The summed E-state index contributed by atoms with van der Waals surface area (Å²) in [6.45, 7) is 4.04. The maximum Gasteiger partial charge on any atom is 0.273 e. The van der Waals surface area contributed by atoms with E-state index in [0.717, 1.165) is 6.07 Å². The standard InChI is InChI=1S/C13H21N3O4S/c1-9(2)12(14-3)7-10-5-6-11(21(19,20)15-4)8-13(10)16(17)18/h5-6,8-9,12,14-15H,7H2,1-4H3. The molecule has 0 aromatic heterocycles. The van der Waals surface area contributed by atoms with Gasteiger partial charge in [-0.3, -0.25) is 10.1 Å². The molecule has 0 aliphatic heterocycles. The third kappa shape index (κ3) is 4.23. The zero-order chi connectivity index (χ0) is 16.2. The molecule has 0 saturated heterocycles. The predicted molar refractivity (Wildman–Crippen MR) is 80.7 cm³/mol. The lowest BCUT2D eigenvalue weighted by Crippen LogP contribution is -2.33. The zero-order valence-corrected chi connectivity index (χ0v) is 13.4. The second kappa shape index (κ2) is 6.97. The van der Waals surface area contributed by atoms with Gasteiger partial charge in [0.15, 0.2) is 0 Å². The molecule has 1 unspecified atom stereocenters. The van der Waals surface area contributed by atoms with Gasteiger partial charge in [-0.2, -0.15) is 0 Å². The summed E-state index contributed by atoms with van der Waals surface area (Å²) in [7, 11) is -0.621. The number of nitro benzene ring substituents is 1. The highest BCUT2D eigenvalue weighted by Gasteiger charge is 2.22. The average Bonchev–Trinajstić information content (AvgIpc) is 2.43. The van der Waals surface area contributed by atoms with E-state index in [1.54, 1.807) is 7.05 Å². The number of likely N-dealkylation sites (N-methyl/N-ethyl adjacent to an activating group) is 1. The maximum atomic E-state index is 11.7. The van der Waals surface area contributed by atoms with Crippen molar-refractivity contribution in [3.05, 3.63) is 33.9 Å². The van der Waals surface area contributed by atoms with Crippen molar-refractivity contribution in [1.29, 1.82) is 0 Å². The van der Waals surface area contributed by atoms with Gasteiger partial charge in [0.05, 0.1) is 9.82 Å². The van der Waals surface area contributed by atoms with Crippen molar-refractivity contribution < 1.29 is 13.3 Å². The number of hydrogen-bond acceptors (Lipinski definition) is 5. The van der Waals surface area contributed by atoms with Gasteiger partial charge in [0.25, 0.3) is 5.69 Å². The highest BCUT2D eigenvalue weighted by molar-refractivity contribution is 7.89. The van der Waals surface area contributed by atoms with Crippen molar-refractivity contribution in [2.75, 3.05) is 14.1 Å². The third-order valence-corrected chi connectivity index (χ3v) is 4.86. The Hall–Kier alpha value is -1.51. The van der Waals surface area contributed by atoms with Crippen LogP contribution in [0.2, 0.25) is 0 Å². The molecule has 0 amide bonds. The average molecular weight is 315 g/mol. The summed E-state index contributed by atoms with van der Waals surface area (Å²) in [5.41, 5.74) is 0.343. The summed E-state index contributed by atoms with van der Waals surface area (Å²) in [5.74, 6) is 0.301. The van der Waals surface area contributed by atoms with E-state index in [0.29, 0.717) is 17.9 Å². The Bertz CT molecular complexity index is 614. The van der Waals surface area contributed by atoms with Crippen LogP contribution in [0.1, 0.15) is 19.4 Å². The largest absolute Gasteiger partial charge is 0.316 e. The predicted octanol–water partition coefficient (Wildman–Crippen LogP) is 1.29. The van der Waals surface area contributed by atoms with Crippen LogP contribution in [0.5, 0.6) is 0 Å². The first-order chi connectivity index (χ1) is 9.72. The minimum Gasteiger partial charge on any atom is -0.316 e. The van der Waals surface area contributed by atoms with Crippen LogP contribution < -0.4 is 10.0 Å². The molecule has 2 N–H and O–H groups in total. The van der Waals surface area contributed by atoms with Crippen LogP contribution >= 0.6 is 0 Å². The number of nitrogens with one attached hydrogen (secondary N) is 2. The molecule has 1 aromatic rings. The summed E-state index contributed by atoms with van der Waals surface area (Å²) < 4.78 is 25.6. The van der Waals surface area contributed by atoms with Crippen molar-refractivity contribution in [3.8, 4) is 0 Å². The van der Waals surface area contributed by atoms with Crippen molar-refractivity contribution in [2.24, 2.45) is 5.92 Å². The van der Waals surface area contributed by atoms with Crippen molar-refractivity contribution in [3.63, 3.8) is 0 Å². The van der Waals surface area contributed by atoms with Gasteiger partial charge in [0.1, 0.15) is 0 Å². The zero-order valence-electron chi connectivity index (χ0n) is 12.6. The summed E-state index contributed by atoms with van der Waals surface area (Å²) >= 11 is 0. The van der Waals surface area contributed by atoms with Gasteiger partial charge in [0, 0.05) is 17.7 Å². The SMILES string of the molecule is CNC(Cc1ccc(S(=O)(=O)NC)cc1[N+](=O)[O-])C(C)C. The van der Waals surface area contributed by atoms with Gasteiger partial charge in [-0.1, -0.05) is 19.9 Å². The second-order valence-electron chi connectivity index (χ2n) is 5.10. The minimum absolute atomic E-state index is 0.0791. The second-order valence-corrected chi connectivity index (χ2v) is 6.99. The van der Waals surface area contributed by atoms with Gasteiger partial charge in [-0.25, -0.2) is 13.1 Å². The van der Waals surface area contributed by atoms with E-state index in [2.05, 4.69) is 10.0 Å². The number of hydrogen-bond donors (Lipinski definition) is 2.